The van der Waals surface area contributed by atoms with E-state index in [9.17, 15) is 4.79 Å². The first kappa shape index (κ1) is 17.8. The molecule has 2 N–H and O–H groups in total. The molecule has 0 atom stereocenters. The summed E-state index contributed by atoms with van der Waals surface area (Å²) in [6.07, 6.45) is 5.97. The normalized spacial score (nSPS) is 14.6. The molecule has 1 fully saturated rings. The lowest BCUT2D eigenvalue weighted by molar-refractivity contribution is 0.0767. The van der Waals surface area contributed by atoms with Crippen molar-refractivity contribution in [3.63, 3.8) is 0 Å². The highest BCUT2D eigenvalue weighted by Gasteiger charge is 2.21. The van der Waals surface area contributed by atoms with Gasteiger partial charge in [-0.25, -0.2) is 19.9 Å². The SMILES string of the molecule is Nc1ccnc(-c2ccc(C(=O)N3CCCN(c4ncccn4)CC3)cc2)n1. The van der Waals surface area contributed by atoms with Crippen LogP contribution < -0.4 is 10.6 Å². The number of nitrogens with two attached hydrogens (primary N) is 1. The molecule has 0 spiro atoms. The Kier molecular flexibility index (Phi) is 5.09. The highest BCUT2D eigenvalue weighted by atomic mass is 16.2. The first-order valence-corrected chi connectivity index (χ1v) is 9.21. The number of carbonyl (C=O) groups excluding carboxylic acids is 1. The van der Waals surface area contributed by atoms with E-state index < -0.39 is 0 Å². The summed E-state index contributed by atoms with van der Waals surface area (Å²) >= 11 is 0. The lowest BCUT2D eigenvalue weighted by Gasteiger charge is -2.22. The number of anilines is 2. The van der Waals surface area contributed by atoms with Crippen LogP contribution in [0.2, 0.25) is 0 Å². The van der Waals surface area contributed by atoms with Gasteiger partial charge in [-0.3, -0.25) is 4.79 Å². The van der Waals surface area contributed by atoms with Crippen LogP contribution in [0, 0.1) is 0 Å². The molecule has 8 heteroatoms. The fourth-order valence-corrected chi connectivity index (χ4v) is 3.23. The molecule has 2 aromatic heterocycles. The Labute approximate surface area is 163 Å². The summed E-state index contributed by atoms with van der Waals surface area (Å²) < 4.78 is 0. The van der Waals surface area contributed by atoms with E-state index in [2.05, 4.69) is 24.8 Å². The highest BCUT2D eigenvalue weighted by molar-refractivity contribution is 5.94. The van der Waals surface area contributed by atoms with Gasteiger partial charge in [-0.1, -0.05) is 12.1 Å². The summed E-state index contributed by atoms with van der Waals surface area (Å²) in [7, 11) is 0. The van der Waals surface area contributed by atoms with Crippen LogP contribution in [0.4, 0.5) is 11.8 Å². The number of rotatable bonds is 3. The number of hydrogen-bond donors (Lipinski definition) is 1. The molecule has 1 saturated heterocycles. The average Bonchev–Trinajstić information content (AvgIpc) is 3.00. The molecule has 0 radical (unpaired) electrons. The van der Waals surface area contributed by atoms with Gasteiger partial charge in [-0.05, 0) is 30.7 Å². The zero-order valence-corrected chi connectivity index (χ0v) is 15.4. The largest absolute Gasteiger partial charge is 0.384 e. The van der Waals surface area contributed by atoms with E-state index in [-0.39, 0.29) is 5.91 Å². The Morgan fingerprint density at radius 3 is 2.43 bits per heavy atom. The van der Waals surface area contributed by atoms with Gasteiger partial charge in [-0.15, -0.1) is 0 Å². The van der Waals surface area contributed by atoms with Crippen molar-refractivity contribution in [2.24, 2.45) is 0 Å². The van der Waals surface area contributed by atoms with Crippen LogP contribution in [0.1, 0.15) is 16.8 Å². The van der Waals surface area contributed by atoms with E-state index in [0.29, 0.717) is 42.8 Å². The predicted molar refractivity (Wildman–Crippen MR) is 107 cm³/mol. The molecular formula is C20H21N7O. The molecule has 0 unspecified atom stereocenters. The van der Waals surface area contributed by atoms with Gasteiger partial charge in [0.1, 0.15) is 5.82 Å². The van der Waals surface area contributed by atoms with Crippen LogP contribution in [0.5, 0.6) is 0 Å². The number of nitrogens with zero attached hydrogens (tertiary/aromatic N) is 6. The molecule has 4 rings (SSSR count). The van der Waals surface area contributed by atoms with Gasteiger partial charge in [0.15, 0.2) is 5.82 Å². The van der Waals surface area contributed by atoms with Gasteiger partial charge in [0.25, 0.3) is 5.91 Å². The van der Waals surface area contributed by atoms with Crippen LogP contribution in [-0.4, -0.2) is 56.9 Å². The molecule has 0 aliphatic carbocycles. The second-order valence-electron chi connectivity index (χ2n) is 6.56. The number of carbonyl (C=O) groups is 1. The highest BCUT2D eigenvalue weighted by Crippen LogP contribution is 2.18. The minimum atomic E-state index is 0.0240. The maximum Gasteiger partial charge on any atom is 0.253 e. The molecule has 0 saturated carbocycles. The molecule has 3 heterocycles. The van der Waals surface area contributed by atoms with Crippen LogP contribution in [-0.2, 0) is 0 Å². The Hall–Kier alpha value is -3.55. The van der Waals surface area contributed by atoms with E-state index >= 15 is 0 Å². The van der Waals surface area contributed by atoms with E-state index in [1.807, 2.05) is 29.2 Å². The van der Waals surface area contributed by atoms with Crippen LogP contribution in [0.3, 0.4) is 0 Å². The van der Waals surface area contributed by atoms with Crippen LogP contribution in [0.15, 0.2) is 55.0 Å². The quantitative estimate of drug-likeness (QED) is 0.746. The summed E-state index contributed by atoms with van der Waals surface area (Å²) in [5, 5.41) is 0. The van der Waals surface area contributed by atoms with Gasteiger partial charge in [-0.2, -0.15) is 0 Å². The fourth-order valence-electron chi connectivity index (χ4n) is 3.23. The molecule has 28 heavy (non-hydrogen) atoms. The Balaban J connectivity index is 1.44. The van der Waals surface area contributed by atoms with Gasteiger partial charge >= 0.3 is 0 Å². The number of benzene rings is 1. The summed E-state index contributed by atoms with van der Waals surface area (Å²) in [4.78, 5) is 34.0. The number of hydrogen-bond acceptors (Lipinski definition) is 7. The molecule has 1 aliphatic rings. The van der Waals surface area contributed by atoms with E-state index in [1.54, 1.807) is 30.7 Å². The van der Waals surface area contributed by atoms with Crippen molar-refractivity contribution < 1.29 is 4.79 Å². The van der Waals surface area contributed by atoms with Crippen molar-refractivity contribution in [3.8, 4) is 11.4 Å². The van der Waals surface area contributed by atoms with Crippen molar-refractivity contribution in [1.82, 2.24) is 24.8 Å². The fraction of sp³-hybridized carbons (Fsp3) is 0.250. The zero-order valence-electron chi connectivity index (χ0n) is 15.4. The Bertz CT molecular complexity index is 946. The first-order chi connectivity index (χ1) is 13.7. The Morgan fingerprint density at radius 1 is 0.893 bits per heavy atom. The predicted octanol–water partition coefficient (Wildman–Crippen LogP) is 1.87. The van der Waals surface area contributed by atoms with E-state index in [0.717, 1.165) is 18.5 Å². The lowest BCUT2D eigenvalue weighted by atomic mass is 10.1. The maximum atomic E-state index is 12.9. The third kappa shape index (κ3) is 3.90. The molecule has 0 bridgehead atoms. The minimum Gasteiger partial charge on any atom is -0.384 e. The van der Waals surface area contributed by atoms with Gasteiger partial charge in [0.2, 0.25) is 5.95 Å². The molecule has 1 amide bonds. The van der Waals surface area contributed by atoms with E-state index in [4.69, 9.17) is 5.73 Å². The van der Waals surface area contributed by atoms with Crippen molar-refractivity contribution in [1.29, 1.82) is 0 Å². The molecular weight excluding hydrogens is 354 g/mol. The van der Waals surface area contributed by atoms with Crippen molar-refractivity contribution in [2.45, 2.75) is 6.42 Å². The lowest BCUT2D eigenvalue weighted by Crippen LogP contribution is -2.35. The van der Waals surface area contributed by atoms with Crippen molar-refractivity contribution in [2.75, 3.05) is 36.8 Å². The molecule has 142 valence electrons. The molecule has 1 aliphatic heterocycles. The molecule has 8 nitrogen and oxygen atoms in total. The molecule has 3 aromatic rings. The topological polar surface area (TPSA) is 101 Å². The Morgan fingerprint density at radius 2 is 1.68 bits per heavy atom. The first-order valence-electron chi connectivity index (χ1n) is 9.21. The zero-order chi connectivity index (χ0) is 19.3. The smallest absolute Gasteiger partial charge is 0.253 e. The van der Waals surface area contributed by atoms with Crippen LogP contribution >= 0.6 is 0 Å². The summed E-state index contributed by atoms with van der Waals surface area (Å²) in [6.45, 7) is 2.89. The van der Waals surface area contributed by atoms with Gasteiger partial charge in [0, 0.05) is 55.9 Å². The maximum absolute atomic E-state index is 12.9. The number of nitrogen functional groups attached to an aromatic ring is 1. The van der Waals surface area contributed by atoms with E-state index in [1.165, 1.54) is 0 Å². The third-order valence-corrected chi connectivity index (χ3v) is 4.69. The molecule has 1 aromatic carbocycles. The summed E-state index contributed by atoms with van der Waals surface area (Å²) in [6, 6.07) is 10.8. The van der Waals surface area contributed by atoms with Crippen molar-refractivity contribution in [3.05, 3.63) is 60.6 Å². The van der Waals surface area contributed by atoms with Gasteiger partial charge < -0.3 is 15.5 Å². The average molecular weight is 375 g/mol. The number of amides is 1. The standard InChI is InChI=1S/C20H21N7O/c21-17-7-10-22-18(25-17)15-3-5-16(6-4-15)19(28)26-11-2-12-27(14-13-26)20-23-8-1-9-24-20/h1,3-10H,2,11-14H2,(H2,21,22,25). The van der Waals surface area contributed by atoms with Crippen molar-refractivity contribution >= 4 is 17.7 Å². The second-order valence-corrected chi connectivity index (χ2v) is 6.56. The minimum absolute atomic E-state index is 0.0240. The number of aromatic nitrogens is 4. The van der Waals surface area contributed by atoms with Crippen LogP contribution in [0.25, 0.3) is 11.4 Å². The monoisotopic (exact) mass is 375 g/mol. The second kappa shape index (κ2) is 7.99. The summed E-state index contributed by atoms with van der Waals surface area (Å²) in [5.74, 6) is 1.70. The van der Waals surface area contributed by atoms with Gasteiger partial charge in [0.05, 0.1) is 0 Å². The summed E-state index contributed by atoms with van der Waals surface area (Å²) in [5.41, 5.74) is 7.19. The third-order valence-electron chi connectivity index (χ3n) is 4.69.